The third-order valence-corrected chi connectivity index (χ3v) is 3.49. The molecule has 96 valence electrons. The van der Waals surface area contributed by atoms with Crippen molar-refractivity contribution in [2.45, 2.75) is 58.7 Å². The molecule has 3 heteroatoms. The highest BCUT2D eigenvalue weighted by Crippen LogP contribution is 2.35. The van der Waals surface area contributed by atoms with E-state index in [9.17, 15) is 10.2 Å². The highest BCUT2D eigenvalue weighted by Gasteiger charge is 2.35. The van der Waals surface area contributed by atoms with Crippen LogP contribution < -0.4 is 0 Å². The molecule has 2 unspecified atom stereocenters. The molecule has 2 N–H and O–H groups in total. The molecular formula is C13H26O3. The molecule has 0 radical (unpaired) electrons. The molecule has 2 atom stereocenters. The average Bonchev–Trinajstić information content (AvgIpc) is 2.62. The van der Waals surface area contributed by atoms with E-state index in [1.807, 2.05) is 0 Å². The summed E-state index contributed by atoms with van der Waals surface area (Å²) in [6, 6.07) is 0. The zero-order valence-electron chi connectivity index (χ0n) is 10.8. The standard InChI is InChI=1S/C13H26O3/c1-10(2)6-13(8-14,9-15)7-12-5-4-11(3)16-12/h10-12,14-15H,4-9H2,1-3H3. The molecule has 0 bridgehead atoms. The molecule has 0 aliphatic carbocycles. The summed E-state index contributed by atoms with van der Waals surface area (Å²) in [5.74, 6) is 0.484. The van der Waals surface area contributed by atoms with Crippen LogP contribution in [0.5, 0.6) is 0 Å². The summed E-state index contributed by atoms with van der Waals surface area (Å²) >= 11 is 0. The van der Waals surface area contributed by atoms with Gasteiger partial charge in [0, 0.05) is 5.41 Å². The smallest absolute Gasteiger partial charge is 0.0586 e. The third kappa shape index (κ3) is 3.72. The summed E-state index contributed by atoms with van der Waals surface area (Å²) in [7, 11) is 0. The van der Waals surface area contributed by atoms with Gasteiger partial charge in [-0.15, -0.1) is 0 Å². The first kappa shape index (κ1) is 13.9. The highest BCUT2D eigenvalue weighted by molar-refractivity contribution is 4.85. The first-order valence-corrected chi connectivity index (χ1v) is 6.38. The maximum absolute atomic E-state index is 9.54. The molecule has 1 fully saturated rings. The van der Waals surface area contributed by atoms with Gasteiger partial charge in [0.2, 0.25) is 0 Å². The van der Waals surface area contributed by atoms with E-state index in [1.165, 1.54) is 0 Å². The molecule has 0 spiro atoms. The van der Waals surface area contributed by atoms with Crippen molar-refractivity contribution in [3.8, 4) is 0 Å². The largest absolute Gasteiger partial charge is 0.396 e. The Bertz CT molecular complexity index is 199. The van der Waals surface area contributed by atoms with Crippen molar-refractivity contribution in [1.29, 1.82) is 0 Å². The Morgan fingerprint density at radius 3 is 2.25 bits per heavy atom. The van der Waals surface area contributed by atoms with Gasteiger partial charge in [-0.1, -0.05) is 13.8 Å². The number of hydrogen-bond acceptors (Lipinski definition) is 3. The molecular weight excluding hydrogens is 204 g/mol. The van der Waals surface area contributed by atoms with Gasteiger partial charge in [0.25, 0.3) is 0 Å². The summed E-state index contributed by atoms with van der Waals surface area (Å²) in [6.45, 7) is 6.43. The lowest BCUT2D eigenvalue weighted by molar-refractivity contribution is -0.0296. The van der Waals surface area contributed by atoms with E-state index in [0.717, 1.165) is 25.7 Å². The topological polar surface area (TPSA) is 49.7 Å². The molecule has 1 rings (SSSR count). The Labute approximate surface area is 98.8 Å². The van der Waals surface area contributed by atoms with Crippen LogP contribution in [0.25, 0.3) is 0 Å². The Morgan fingerprint density at radius 2 is 1.88 bits per heavy atom. The maximum Gasteiger partial charge on any atom is 0.0586 e. The number of hydrogen-bond donors (Lipinski definition) is 2. The number of rotatable bonds is 6. The average molecular weight is 230 g/mol. The normalized spacial score (nSPS) is 26.6. The van der Waals surface area contributed by atoms with E-state index in [-0.39, 0.29) is 24.7 Å². The minimum absolute atomic E-state index is 0.0515. The summed E-state index contributed by atoms with van der Waals surface area (Å²) in [5.41, 5.74) is -0.358. The molecule has 1 aliphatic rings. The Kier molecular flexibility index (Phi) is 5.22. The van der Waals surface area contributed by atoms with E-state index in [4.69, 9.17) is 4.74 Å². The first-order valence-electron chi connectivity index (χ1n) is 6.38. The fourth-order valence-corrected chi connectivity index (χ4v) is 2.78. The molecule has 1 saturated heterocycles. The summed E-state index contributed by atoms with van der Waals surface area (Å²) < 4.78 is 5.78. The van der Waals surface area contributed by atoms with Crippen LogP contribution in [0.4, 0.5) is 0 Å². The molecule has 1 heterocycles. The summed E-state index contributed by atoms with van der Waals surface area (Å²) in [5, 5.41) is 19.1. The van der Waals surface area contributed by atoms with Gasteiger partial charge in [0.1, 0.15) is 0 Å². The lowest BCUT2D eigenvalue weighted by Gasteiger charge is -2.33. The minimum Gasteiger partial charge on any atom is -0.396 e. The molecule has 0 aromatic rings. The van der Waals surface area contributed by atoms with Gasteiger partial charge in [0.15, 0.2) is 0 Å². The number of ether oxygens (including phenoxy) is 1. The maximum atomic E-state index is 9.54. The van der Waals surface area contributed by atoms with Crippen molar-refractivity contribution < 1.29 is 14.9 Å². The van der Waals surface area contributed by atoms with Crippen molar-refractivity contribution in [2.24, 2.45) is 11.3 Å². The minimum atomic E-state index is -0.358. The van der Waals surface area contributed by atoms with Crippen molar-refractivity contribution in [3.05, 3.63) is 0 Å². The first-order chi connectivity index (χ1) is 7.51. The zero-order chi connectivity index (χ0) is 12.2. The Hall–Kier alpha value is -0.120. The summed E-state index contributed by atoms with van der Waals surface area (Å²) in [4.78, 5) is 0. The fourth-order valence-electron chi connectivity index (χ4n) is 2.78. The monoisotopic (exact) mass is 230 g/mol. The molecule has 1 aliphatic heterocycles. The molecule has 0 aromatic heterocycles. The summed E-state index contributed by atoms with van der Waals surface area (Å²) in [6.07, 6.45) is 4.34. The van der Waals surface area contributed by atoms with Crippen LogP contribution in [0.3, 0.4) is 0 Å². The van der Waals surface area contributed by atoms with Crippen LogP contribution in [0.15, 0.2) is 0 Å². The van der Waals surface area contributed by atoms with E-state index >= 15 is 0 Å². The Morgan fingerprint density at radius 1 is 1.25 bits per heavy atom. The van der Waals surface area contributed by atoms with E-state index in [0.29, 0.717) is 12.0 Å². The van der Waals surface area contributed by atoms with Crippen LogP contribution >= 0.6 is 0 Å². The predicted octanol–water partition coefficient (Wildman–Crippen LogP) is 1.96. The van der Waals surface area contributed by atoms with Gasteiger partial charge in [-0.3, -0.25) is 0 Å². The van der Waals surface area contributed by atoms with E-state index in [1.54, 1.807) is 0 Å². The van der Waals surface area contributed by atoms with E-state index < -0.39 is 0 Å². The van der Waals surface area contributed by atoms with Gasteiger partial charge in [0.05, 0.1) is 25.4 Å². The van der Waals surface area contributed by atoms with Gasteiger partial charge in [-0.25, -0.2) is 0 Å². The molecule has 0 saturated carbocycles. The van der Waals surface area contributed by atoms with E-state index in [2.05, 4.69) is 20.8 Å². The second-order valence-corrected chi connectivity index (χ2v) is 5.76. The Balaban J connectivity index is 2.55. The molecule has 16 heavy (non-hydrogen) atoms. The van der Waals surface area contributed by atoms with Crippen LogP contribution in [-0.2, 0) is 4.74 Å². The fraction of sp³-hybridized carbons (Fsp3) is 1.00. The van der Waals surface area contributed by atoms with Crippen LogP contribution in [0.1, 0.15) is 46.5 Å². The highest BCUT2D eigenvalue weighted by atomic mass is 16.5. The second-order valence-electron chi connectivity index (χ2n) is 5.76. The number of aliphatic hydroxyl groups excluding tert-OH is 2. The van der Waals surface area contributed by atoms with Gasteiger partial charge >= 0.3 is 0 Å². The predicted molar refractivity (Wildman–Crippen MR) is 64.2 cm³/mol. The van der Waals surface area contributed by atoms with Crippen LogP contribution in [-0.4, -0.2) is 35.6 Å². The lowest BCUT2D eigenvalue weighted by atomic mass is 9.76. The molecule has 0 aromatic carbocycles. The quantitative estimate of drug-likeness (QED) is 0.733. The van der Waals surface area contributed by atoms with Crippen molar-refractivity contribution in [2.75, 3.05) is 13.2 Å². The van der Waals surface area contributed by atoms with Crippen molar-refractivity contribution >= 4 is 0 Å². The lowest BCUT2D eigenvalue weighted by Crippen LogP contribution is -2.35. The zero-order valence-corrected chi connectivity index (χ0v) is 10.8. The van der Waals surface area contributed by atoms with Gasteiger partial charge in [-0.05, 0) is 38.5 Å². The SMILES string of the molecule is CC(C)CC(CO)(CO)CC1CCC(C)O1. The second kappa shape index (κ2) is 5.99. The number of aliphatic hydroxyl groups is 2. The van der Waals surface area contributed by atoms with Crippen molar-refractivity contribution in [3.63, 3.8) is 0 Å². The van der Waals surface area contributed by atoms with Gasteiger partial charge < -0.3 is 14.9 Å². The van der Waals surface area contributed by atoms with Crippen LogP contribution in [0.2, 0.25) is 0 Å². The van der Waals surface area contributed by atoms with Gasteiger partial charge in [-0.2, -0.15) is 0 Å². The molecule has 0 amide bonds. The molecule has 3 nitrogen and oxygen atoms in total. The van der Waals surface area contributed by atoms with Crippen LogP contribution in [0, 0.1) is 11.3 Å². The third-order valence-electron chi connectivity index (χ3n) is 3.49. The van der Waals surface area contributed by atoms with Crippen molar-refractivity contribution in [1.82, 2.24) is 0 Å².